The summed E-state index contributed by atoms with van der Waals surface area (Å²) in [4.78, 5) is 3.32. The molecule has 9 nitrogen and oxygen atoms in total. The number of anilines is 9. The fourth-order valence-corrected chi connectivity index (χ4v) is 13.5. The average molecular weight is 766 g/mol. The monoisotopic (exact) mass is 765 g/mol. The third-order valence-corrected chi connectivity index (χ3v) is 15.5. The van der Waals surface area contributed by atoms with Crippen LogP contribution in [-0.2, 0) is 29.5 Å². The van der Waals surface area contributed by atoms with Gasteiger partial charge in [-0.2, -0.15) is 0 Å². The van der Waals surface area contributed by atoms with Crippen molar-refractivity contribution in [2.24, 2.45) is 0 Å². The lowest BCUT2D eigenvalue weighted by atomic mass is 10.1. The Labute approximate surface area is 312 Å². The van der Waals surface area contributed by atoms with Gasteiger partial charge in [0.2, 0.25) is 29.5 Å². The second kappa shape index (κ2) is 11.4. The molecule has 0 bridgehead atoms. The number of hydrogen-bond acceptors (Lipinski definition) is 9. The molecule has 10 rings (SSSR count). The van der Waals surface area contributed by atoms with Crippen LogP contribution in [-0.4, -0.2) is 25.3 Å². The van der Waals surface area contributed by atoms with Gasteiger partial charge < -0.3 is 14.7 Å². The summed E-state index contributed by atoms with van der Waals surface area (Å²) in [5, 5.41) is 0. The fraction of sp³-hybridized carbons (Fsp3) is 0. The van der Waals surface area contributed by atoms with Crippen molar-refractivity contribution < 1.29 is 25.3 Å². The number of rotatable bonds is 3. The van der Waals surface area contributed by atoms with E-state index in [0.29, 0.717) is 17.1 Å². The van der Waals surface area contributed by atoms with E-state index < -0.39 is 44.2 Å². The summed E-state index contributed by atoms with van der Waals surface area (Å²) in [6.45, 7) is 0. The van der Waals surface area contributed by atoms with E-state index in [0.717, 1.165) is 0 Å². The van der Waals surface area contributed by atoms with Gasteiger partial charge in [0.15, 0.2) is 0 Å². The first kappa shape index (κ1) is 32.4. The predicted molar refractivity (Wildman–Crippen MR) is 207 cm³/mol. The topological polar surface area (TPSA) is 112 Å². The standard InChI is InChI=1S/C42H27N3O6S3/c46-52(47)34-25-13-10-22-31(34)43(28-16-4-1-5-17-28)37-40(52)38-42(54(50,51)36-27-15-12-24-33(36)45(38)30-20-8-3-9-21-30)39-41(37)53(48,49)35-26-14-11-23-32(35)44(39)29-18-6-2-7-19-29/h1-27H. The molecular formula is C42H27N3O6S3. The van der Waals surface area contributed by atoms with Crippen LogP contribution in [0.25, 0.3) is 0 Å². The van der Waals surface area contributed by atoms with Gasteiger partial charge in [-0.05, 0) is 72.8 Å². The van der Waals surface area contributed by atoms with Crippen molar-refractivity contribution in [3.63, 3.8) is 0 Å². The molecule has 0 radical (unpaired) electrons. The molecule has 0 saturated carbocycles. The van der Waals surface area contributed by atoms with Crippen LogP contribution in [0.5, 0.6) is 0 Å². The quantitative estimate of drug-likeness (QED) is 0.174. The molecule has 12 heteroatoms. The van der Waals surface area contributed by atoms with Gasteiger partial charge >= 0.3 is 0 Å². The highest BCUT2D eigenvalue weighted by molar-refractivity contribution is 7.94. The van der Waals surface area contributed by atoms with Crippen molar-refractivity contribution >= 4 is 80.7 Å². The highest BCUT2D eigenvalue weighted by Gasteiger charge is 2.53. The minimum absolute atomic E-state index is 0.0960. The van der Waals surface area contributed by atoms with Gasteiger partial charge in [-0.1, -0.05) is 91.0 Å². The zero-order chi connectivity index (χ0) is 37.0. The minimum Gasteiger partial charge on any atom is -0.306 e. The van der Waals surface area contributed by atoms with E-state index in [2.05, 4.69) is 0 Å². The summed E-state index contributed by atoms with van der Waals surface area (Å²) in [6.07, 6.45) is 0. The highest BCUT2D eigenvalue weighted by atomic mass is 32.2. The molecule has 7 aromatic carbocycles. The first-order valence-electron chi connectivity index (χ1n) is 17.0. The molecule has 0 fully saturated rings. The molecule has 0 aromatic heterocycles. The Morgan fingerprint density at radius 1 is 0.278 bits per heavy atom. The van der Waals surface area contributed by atoms with Gasteiger partial charge in [-0.15, -0.1) is 0 Å². The number of sulfone groups is 3. The average Bonchev–Trinajstić information content (AvgIpc) is 3.19. The Kier molecular flexibility index (Phi) is 6.85. The van der Waals surface area contributed by atoms with Gasteiger partial charge in [0, 0.05) is 17.1 Å². The molecular weight excluding hydrogens is 739 g/mol. The lowest BCUT2D eigenvalue weighted by Gasteiger charge is -2.44. The Morgan fingerprint density at radius 3 is 0.759 bits per heavy atom. The second-order valence-corrected chi connectivity index (χ2v) is 18.5. The number of fused-ring (bicyclic) bond motifs is 9. The second-order valence-electron chi connectivity index (χ2n) is 13.0. The Morgan fingerprint density at radius 2 is 0.500 bits per heavy atom. The number of hydrogen-bond donors (Lipinski definition) is 0. The summed E-state index contributed by atoms with van der Waals surface area (Å²) in [5.41, 5.74) is 1.62. The van der Waals surface area contributed by atoms with E-state index in [1.807, 2.05) is 18.2 Å². The predicted octanol–water partition coefficient (Wildman–Crippen LogP) is 9.53. The maximum Gasteiger partial charge on any atom is 0.212 e. The molecule has 3 aliphatic rings. The summed E-state index contributed by atoms with van der Waals surface area (Å²) in [7, 11) is -14.0. The van der Waals surface area contributed by atoms with Gasteiger partial charge in [-0.25, -0.2) is 25.3 Å². The van der Waals surface area contributed by atoms with Crippen LogP contribution < -0.4 is 14.7 Å². The molecule has 0 atom stereocenters. The lowest BCUT2D eigenvalue weighted by Crippen LogP contribution is -2.34. The molecule has 7 aromatic rings. The Balaban J connectivity index is 1.53. The van der Waals surface area contributed by atoms with Crippen molar-refractivity contribution in [3.05, 3.63) is 164 Å². The third-order valence-electron chi connectivity index (χ3n) is 10.00. The summed E-state index contributed by atoms with van der Waals surface area (Å²) < 4.78 is 92.9. The molecule has 3 aliphatic heterocycles. The van der Waals surface area contributed by atoms with Crippen molar-refractivity contribution in [1.29, 1.82) is 0 Å². The largest absolute Gasteiger partial charge is 0.306 e. The van der Waals surface area contributed by atoms with Crippen molar-refractivity contribution in [2.45, 2.75) is 29.4 Å². The molecule has 264 valence electrons. The maximum absolute atomic E-state index is 15.5. The van der Waals surface area contributed by atoms with Crippen molar-refractivity contribution in [1.82, 2.24) is 0 Å². The van der Waals surface area contributed by atoms with Crippen LogP contribution in [0, 0.1) is 0 Å². The third kappa shape index (κ3) is 4.26. The molecule has 0 aliphatic carbocycles. The van der Waals surface area contributed by atoms with Crippen LogP contribution in [0.3, 0.4) is 0 Å². The first-order chi connectivity index (χ1) is 26.1. The molecule has 0 N–H and O–H groups in total. The van der Waals surface area contributed by atoms with Crippen LogP contribution in [0.2, 0.25) is 0 Å². The van der Waals surface area contributed by atoms with Crippen molar-refractivity contribution in [2.75, 3.05) is 14.7 Å². The molecule has 0 saturated heterocycles. The van der Waals surface area contributed by atoms with E-state index in [1.54, 1.807) is 142 Å². The van der Waals surface area contributed by atoms with Gasteiger partial charge in [0.05, 0.1) is 48.8 Å². The fourth-order valence-electron chi connectivity index (χ4n) is 7.85. The highest BCUT2D eigenvalue weighted by Crippen LogP contribution is 2.66. The van der Waals surface area contributed by atoms with E-state index in [1.165, 1.54) is 18.2 Å². The van der Waals surface area contributed by atoms with Gasteiger partial charge in [0.1, 0.15) is 14.7 Å². The van der Waals surface area contributed by atoms with Crippen LogP contribution in [0.4, 0.5) is 51.2 Å². The van der Waals surface area contributed by atoms with Crippen molar-refractivity contribution in [3.8, 4) is 0 Å². The summed E-state index contributed by atoms with van der Waals surface area (Å²) in [5.74, 6) is 0. The normalized spacial score (nSPS) is 16.6. The maximum atomic E-state index is 15.5. The molecule has 54 heavy (non-hydrogen) atoms. The zero-order valence-corrected chi connectivity index (χ0v) is 30.6. The van der Waals surface area contributed by atoms with Crippen LogP contribution >= 0.6 is 0 Å². The number of para-hydroxylation sites is 6. The molecule has 3 heterocycles. The van der Waals surface area contributed by atoms with E-state index >= 15 is 25.3 Å². The van der Waals surface area contributed by atoms with Gasteiger partial charge in [-0.3, -0.25) is 0 Å². The Bertz CT molecular complexity index is 2700. The van der Waals surface area contributed by atoms with E-state index in [9.17, 15) is 0 Å². The summed E-state index contributed by atoms with van der Waals surface area (Å²) >= 11 is 0. The first-order valence-corrected chi connectivity index (χ1v) is 21.4. The SMILES string of the molecule is O=S1(=O)c2ccccc2N(c2ccccc2)c2c1c1c(c3c2S(=O)(=O)c2ccccc2N3c2ccccc2)S(=O)(=O)c2ccccc2N1c1ccccc1. The van der Waals surface area contributed by atoms with Gasteiger partial charge in [0.25, 0.3) is 0 Å². The molecule has 0 unspecified atom stereocenters. The van der Waals surface area contributed by atoms with Crippen LogP contribution in [0.15, 0.2) is 193 Å². The number of benzene rings is 7. The number of nitrogens with zero attached hydrogens (tertiary/aromatic N) is 3. The lowest BCUT2D eigenvalue weighted by molar-refractivity contribution is 0.589. The molecule has 0 spiro atoms. The smallest absolute Gasteiger partial charge is 0.212 e. The molecule has 0 amide bonds. The van der Waals surface area contributed by atoms with Crippen LogP contribution in [0.1, 0.15) is 0 Å². The van der Waals surface area contributed by atoms with E-state index in [4.69, 9.17) is 0 Å². The Hall–Kier alpha value is -6.21. The minimum atomic E-state index is -4.65. The van der Waals surface area contributed by atoms with E-state index in [-0.39, 0.29) is 48.8 Å². The zero-order valence-electron chi connectivity index (χ0n) is 28.1. The summed E-state index contributed by atoms with van der Waals surface area (Å²) in [6, 6.07) is 45.9.